The Labute approximate surface area is 114 Å². The molecule has 1 heterocycles. The van der Waals surface area contributed by atoms with Gasteiger partial charge in [0.15, 0.2) is 6.29 Å². The van der Waals surface area contributed by atoms with Gasteiger partial charge in [0.2, 0.25) is 0 Å². The van der Waals surface area contributed by atoms with Crippen LogP contribution in [0.5, 0.6) is 0 Å². The van der Waals surface area contributed by atoms with E-state index in [1.54, 1.807) is 6.92 Å². The third-order valence-corrected chi connectivity index (χ3v) is 3.96. The highest BCUT2D eigenvalue weighted by atomic mass is 16.7. The second kappa shape index (κ2) is 4.73. The summed E-state index contributed by atoms with van der Waals surface area (Å²) in [7, 11) is 0. The van der Waals surface area contributed by atoms with Crippen molar-refractivity contribution in [1.82, 2.24) is 0 Å². The zero-order chi connectivity index (χ0) is 14.3. The molecule has 0 unspecified atom stereocenters. The summed E-state index contributed by atoms with van der Waals surface area (Å²) in [5, 5.41) is 0. The van der Waals surface area contributed by atoms with Gasteiger partial charge in [-0.25, -0.2) is 0 Å². The topological polar surface area (TPSA) is 35.5 Å². The third kappa shape index (κ3) is 2.88. The molecular weight excluding hydrogens is 240 g/mol. The van der Waals surface area contributed by atoms with E-state index in [-0.39, 0.29) is 23.3 Å². The number of ether oxygens (including phenoxy) is 2. The monoisotopic (exact) mass is 262 g/mol. The van der Waals surface area contributed by atoms with Crippen molar-refractivity contribution in [2.24, 2.45) is 0 Å². The molecule has 0 aliphatic carbocycles. The molecule has 0 N–H and O–H groups in total. The van der Waals surface area contributed by atoms with Crippen LogP contribution in [0, 0.1) is 0 Å². The first kappa shape index (κ1) is 14.2. The van der Waals surface area contributed by atoms with Gasteiger partial charge in [0.05, 0.1) is 11.2 Å². The Morgan fingerprint density at radius 2 is 1.53 bits per heavy atom. The van der Waals surface area contributed by atoms with Crippen molar-refractivity contribution in [3.05, 3.63) is 35.4 Å². The fourth-order valence-corrected chi connectivity index (χ4v) is 2.06. The van der Waals surface area contributed by atoms with E-state index in [9.17, 15) is 4.79 Å². The van der Waals surface area contributed by atoms with Crippen molar-refractivity contribution >= 4 is 5.78 Å². The number of ketones is 1. The smallest absolute Gasteiger partial charge is 0.185 e. The van der Waals surface area contributed by atoms with Gasteiger partial charge in [0.1, 0.15) is 5.78 Å². The summed E-state index contributed by atoms with van der Waals surface area (Å²) in [5.41, 5.74) is 1.37. The van der Waals surface area contributed by atoms with Gasteiger partial charge >= 0.3 is 0 Å². The maximum atomic E-state index is 11.1. The van der Waals surface area contributed by atoms with Gasteiger partial charge in [-0.3, -0.25) is 4.79 Å². The summed E-state index contributed by atoms with van der Waals surface area (Å²) in [6.45, 7) is 9.75. The zero-order valence-corrected chi connectivity index (χ0v) is 12.3. The molecule has 0 bridgehead atoms. The van der Waals surface area contributed by atoms with Crippen molar-refractivity contribution in [1.29, 1.82) is 0 Å². The van der Waals surface area contributed by atoms with Crippen LogP contribution in [0.4, 0.5) is 0 Å². The van der Waals surface area contributed by atoms with E-state index < -0.39 is 0 Å². The highest BCUT2D eigenvalue weighted by Crippen LogP contribution is 2.44. The van der Waals surface area contributed by atoms with Crippen molar-refractivity contribution in [2.45, 2.75) is 58.5 Å². The van der Waals surface area contributed by atoms with Crippen molar-refractivity contribution in [2.75, 3.05) is 0 Å². The highest BCUT2D eigenvalue weighted by molar-refractivity contribution is 5.78. The Kier molecular flexibility index (Phi) is 3.54. The minimum Gasteiger partial charge on any atom is -0.339 e. The molecule has 1 aromatic carbocycles. The molecule has 3 nitrogen and oxygen atoms in total. The summed E-state index contributed by atoms with van der Waals surface area (Å²) in [6, 6.07) is 7.87. The fourth-order valence-electron chi connectivity index (χ4n) is 2.06. The van der Waals surface area contributed by atoms with Crippen LogP contribution in [0.25, 0.3) is 0 Å². The van der Waals surface area contributed by atoms with E-state index in [0.717, 1.165) is 11.1 Å². The normalized spacial score (nSPS) is 21.5. The molecule has 0 atom stereocenters. The highest BCUT2D eigenvalue weighted by Gasteiger charge is 2.49. The quantitative estimate of drug-likeness (QED) is 0.837. The van der Waals surface area contributed by atoms with Gasteiger partial charge in [-0.2, -0.15) is 0 Å². The van der Waals surface area contributed by atoms with Crippen LogP contribution in [-0.4, -0.2) is 17.0 Å². The fraction of sp³-hybridized carbons (Fsp3) is 0.562. The molecule has 19 heavy (non-hydrogen) atoms. The van der Waals surface area contributed by atoms with E-state index >= 15 is 0 Å². The predicted molar refractivity (Wildman–Crippen MR) is 73.9 cm³/mol. The summed E-state index contributed by atoms with van der Waals surface area (Å²) in [5.74, 6) is 0.170. The molecule has 104 valence electrons. The first-order valence-electron chi connectivity index (χ1n) is 6.65. The van der Waals surface area contributed by atoms with Crippen LogP contribution in [0.1, 0.15) is 52.0 Å². The predicted octanol–water partition coefficient (Wildman–Crippen LogP) is 3.42. The molecule has 3 heteroatoms. The Morgan fingerprint density at radius 1 is 1.05 bits per heavy atom. The van der Waals surface area contributed by atoms with Crippen LogP contribution in [-0.2, 0) is 20.7 Å². The molecule has 0 saturated carbocycles. The lowest BCUT2D eigenvalue weighted by Gasteiger charge is -2.30. The minimum atomic E-state index is -0.337. The lowest BCUT2D eigenvalue weighted by atomic mass is 9.90. The Balaban J connectivity index is 2.14. The average molecular weight is 262 g/mol. The summed E-state index contributed by atoms with van der Waals surface area (Å²) in [6.07, 6.45) is 0.139. The molecule has 0 amide bonds. The number of hydrogen-bond acceptors (Lipinski definition) is 3. The zero-order valence-electron chi connectivity index (χ0n) is 12.3. The van der Waals surface area contributed by atoms with Crippen LogP contribution in [0.3, 0.4) is 0 Å². The Hall–Kier alpha value is -1.19. The Bertz CT molecular complexity index is 455. The molecule has 0 radical (unpaired) electrons. The van der Waals surface area contributed by atoms with Crippen LogP contribution < -0.4 is 0 Å². The molecule has 0 aromatic heterocycles. The maximum Gasteiger partial charge on any atom is 0.185 e. The second-order valence-corrected chi connectivity index (χ2v) is 6.21. The molecule has 1 aromatic rings. The van der Waals surface area contributed by atoms with E-state index in [1.807, 2.05) is 52.0 Å². The second-order valence-electron chi connectivity index (χ2n) is 6.21. The molecule has 2 rings (SSSR count). The number of carbonyl (C=O) groups excluding carboxylic acids is 1. The summed E-state index contributed by atoms with van der Waals surface area (Å²) < 4.78 is 12.0. The minimum absolute atomic E-state index is 0.170. The number of rotatable bonds is 3. The first-order valence-corrected chi connectivity index (χ1v) is 6.65. The van der Waals surface area contributed by atoms with Gasteiger partial charge in [-0.1, -0.05) is 24.3 Å². The lowest BCUT2D eigenvalue weighted by Crippen LogP contribution is -2.41. The number of Topliss-reactive ketones (excluding diaryl/α,β-unsaturated/α-hetero) is 1. The van der Waals surface area contributed by atoms with Crippen molar-refractivity contribution in [3.63, 3.8) is 0 Å². The molecule has 1 fully saturated rings. The van der Waals surface area contributed by atoms with Crippen LogP contribution in [0.2, 0.25) is 0 Å². The molecule has 1 aliphatic rings. The van der Waals surface area contributed by atoms with Crippen LogP contribution >= 0.6 is 0 Å². The first-order chi connectivity index (χ1) is 8.71. The van der Waals surface area contributed by atoms with Crippen molar-refractivity contribution in [3.8, 4) is 0 Å². The van der Waals surface area contributed by atoms with Gasteiger partial charge < -0.3 is 9.47 Å². The Morgan fingerprint density at radius 3 is 1.95 bits per heavy atom. The maximum absolute atomic E-state index is 11.1. The van der Waals surface area contributed by atoms with E-state index in [1.165, 1.54) is 0 Å². The van der Waals surface area contributed by atoms with Crippen LogP contribution in [0.15, 0.2) is 24.3 Å². The third-order valence-electron chi connectivity index (χ3n) is 3.96. The van der Waals surface area contributed by atoms with Gasteiger partial charge in [0.25, 0.3) is 0 Å². The van der Waals surface area contributed by atoms with Crippen molar-refractivity contribution < 1.29 is 14.3 Å². The van der Waals surface area contributed by atoms with E-state index in [4.69, 9.17) is 9.47 Å². The number of carbonyl (C=O) groups is 1. The summed E-state index contributed by atoms with van der Waals surface area (Å²) in [4.78, 5) is 11.1. The van der Waals surface area contributed by atoms with E-state index in [2.05, 4.69) is 0 Å². The number of hydrogen-bond donors (Lipinski definition) is 0. The summed E-state index contributed by atoms with van der Waals surface area (Å²) >= 11 is 0. The largest absolute Gasteiger partial charge is 0.339 e. The SMILES string of the molecule is CC(=O)Cc1ccc(C2OC(C)(C)C(C)(C)O2)cc1. The average Bonchev–Trinajstić information content (AvgIpc) is 2.48. The van der Waals surface area contributed by atoms with Gasteiger partial charge in [-0.15, -0.1) is 0 Å². The molecule has 1 saturated heterocycles. The molecule has 0 spiro atoms. The van der Waals surface area contributed by atoms with E-state index in [0.29, 0.717) is 6.42 Å². The lowest BCUT2D eigenvalue weighted by molar-refractivity contribution is -0.116. The molecule has 1 aliphatic heterocycles. The standard InChI is InChI=1S/C16H22O3/c1-11(17)10-12-6-8-13(9-7-12)14-18-15(2,3)16(4,5)19-14/h6-9,14H,10H2,1-5H3. The van der Waals surface area contributed by atoms with Gasteiger partial charge in [-0.05, 0) is 40.2 Å². The number of benzene rings is 1. The molecular formula is C16H22O3. The van der Waals surface area contributed by atoms with Gasteiger partial charge in [0, 0.05) is 12.0 Å².